The van der Waals surface area contributed by atoms with Gasteiger partial charge in [-0.05, 0) is 24.7 Å². The van der Waals surface area contributed by atoms with Crippen LogP contribution in [0.3, 0.4) is 0 Å². The first-order chi connectivity index (χ1) is 7.04. The molecule has 0 aromatic heterocycles. The van der Waals surface area contributed by atoms with Crippen molar-refractivity contribution in [3.8, 4) is 0 Å². The molecule has 96 valence electrons. The molecule has 1 rings (SSSR count). The summed E-state index contributed by atoms with van der Waals surface area (Å²) in [6, 6.07) is 0.278. The summed E-state index contributed by atoms with van der Waals surface area (Å²) in [7, 11) is 0. The lowest BCUT2D eigenvalue weighted by Gasteiger charge is -2.38. The van der Waals surface area contributed by atoms with E-state index in [1.807, 2.05) is 4.90 Å². The van der Waals surface area contributed by atoms with Crippen molar-refractivity contribution in [3.05, 3.63) is 0 Å². The smallest absolute Gasteiger partial charge is 0.223 e. The van der Waals surface area contributed by atoms with Crippen molar-refractivity contribution in [1.82, 2.24) is 4.90 Å². The number of piperidine rings is 1. The summed E-state index contributed by atoms with van der Waals surface area (Å²) < 4.78 is 0. The van der Waals surface area contributed by atoms with Gasteiger partial charge in [0.1, 0.15) is 0 Å². The van der Waals surface area contributed by atoms with Crippen LogP contribution in [0.2, 0.25) is 0 Å². The Balaban J connectivity index is 0.00000225. The maximum atomic E-state index is 12.0. The minimum atomic E-state index is 0. The van der Waals surface area contributed by atoms with Crippen LogP contribution < -0.4 is 5.73 Å². The zero-order valence-corrected chi connectivity index (χ0v) is 11.4. The molecule has 0 bridgehead atoms. The summed E-state index contributed by atoms with van der Waals surface area (Å²) in [4.78, 5) is 14.0. The number of nitrogens with two attached hydrogens (primary N) is 1. The van der Waals surface area contributed by atoms with Gasteiger partial charge in [-0.15, -0.1) is 12.4 Å². The second kappa shape index (κ2) is 7.13. The Morgan fingerprint density at radius 2 is 2.12 bits per heavy atom. The van der Waals surface area contributed by atoms with Crippen molar-refractivity contribution in [1.29, 1.82) is 0 Å². The van der Waals surface area contributed by atoms with Gasteiger partial charge in [0.15, 0.2) is 0 Å². The average Bonchev–Trinajstić information content (AvgIpc) is 2.16. The molecule has 0 spiro atoms. The van der Waals surface area contributed by atoms with Crippen LogP contribution in [0.1, 0.15) is 40.0 Å². The summed E-state index contributed by atoms with van der Waals surface area (Å²) in [6.07, 6.45) is 2.85. The fourth-order valence-electron chi connectivity index (χ4n) is 2.27. The van der Waals surface area contributed by atoms with Crippen LogP contribution >= 0.6 is 12.4 Å². The Kier molecular flexibility index (Phi) is 7.00. The Bertz CT molecular complexity index is 221. The van der Waals surface area contributed by atoms with E-state index in [1.54, 1.807) is 0 Å². The van der Waals surface area contributed by atoms with E-state index in [2.05, 4.69) is 20.8 Å². The molecule has 1 heterocycles. The number of rotatable bonds is 3. The van der Waals surface area contributed by atoms with Crippen LogP contribution in [0.4, 0.5) is 0 Å². The predicted molar refractivity (Wildman–Crippen MR) is 69.7 cm³/mol. The van der Waals surface area contributed by atoms with E-state index in [9.17, 15) is 4.79 Å². The standard InChI is InChI=1S/C12H24N2O.ClH/c1-9(2)6-12(15)14-5-4-10(3)7-11(14)8-13;/h9-11H,4-8,13H2,1-3H3;1H. The number of likely N-dealkylation sites (tertiary alicyclic amines) is 1. The summed E-state index contributed by atoms with van der Waals surface area (Å²) in [5.74, 6) is 1.43. The molecule has 1 aliphatic rings. The number of halogens is 1. The summed E-state index contributed by atoms with van der Waals surface area (Å²) in [5.41, 5.74) is 5.73. The van der Waals surface area contributed by atoms with Gasteiger partial charge in [-0.25, -0.2) is 0 Å². The highest BCUT2D eigenvalue weighted by molar-refractivity contribution is 5.85. The number of amides is 1. The third-order valence-corrected chi connectivity index (χ3v) is 3.15. The number of carbonyl (C=O) groups excluding carboxylic acids is 1. The molecule has 4 heteroatoms. The van der Waals surface area contributed by atoms with Crippen LogP contribution in [0.15, 0.2) is 0 Å². The third-order valence-electron chi connectivity index (χ3n) is 3.15. The molecular weight excluding hydrogens is 224 g/mol. The number of hydrogen-bond acceptors (Lipinski definition) is 2. The molecule has 2 N–H and O–H groups in total. The molecule has 0 saturated carbocycles. The molecule has 0 aromatic rings. The maximum Gasteiger partial charge on any atom is 0.223 e. The predicted octanol–water partition coefficient (Wildman–Crippen LogP) is 2.04. The van der Waals surface area contributed by atoms with Gasteiger partial charge in [-0.1, -0.05) is 20.8 Å². The Hall–Kier alpha value is -0.280. The van der Waals surface area contributed by atoms with Crippen molar-refractivity contribution in [2.24, 2.45) is 17.6 Å². The van der Waals surface area contributed by atoms with Gasteiger partial charge in [0.05, 0.1) is 0 Å². The van der Waals surface area contributed by atoms with Crippen molar-refractivity contribution in [2.75, 3.05) is 13.1 Å². The van der Waals surface area contributed by atoms with Crippen LogP contribution in [0, 0.1) is 11.8 Å². The Morgan fingerprint density at radius 1 is 1.50 bits per heavy atom. The molecule has 0 radical (unpaired) electrons. The van der Waals surface area contributed by atoms with Gasteiger partial charge in [-0.3, -0.25) is 4.79 Å². The largest absolute Gasteiger partial charge is 0.338 e. The van der Waals surface area contributed by atoms with Crippen molar-refractivity contribution in [2.45, 2.75) is 46.1 Å². The van der Waals surface area contributed by atoms with E-state index >= 15 is 0 Å². The maximum absolute atomic E-state index is 12.0. The number of nitrogens with zero attached hydrogens (tertiary/aromatic N) is 1. The van der Waals surface area contributed by atoms with Crippen LogP contribution in [0.25, 0.3) is 0 Å². The number of hydrogen-bond donors (Lipinski definition) is 1. The zero-order chi connectivity index (χ0) is 11.4. The molecule has 0 aromatic carbocycles. The molecule has 1 saturated heterocycles. The molecule has 1 amide bonds. The van der Waals surface area contributed by atoms with E-state index in [4.69, 9.17) is 5.73 Å². The molecular formula is C12H25ClN2O. The summed E-state index contributed by atoms with van der Waals surface area (Å²) in [6.45, 7) is 7.92. The fraction of sp³-hybridized carbons (Fsp3) is 0.917. The second-order valence-corrected chi connectivity index (χ2v) is 5.20. The Labute approximate surface area is 105 Å². The summed E-state index contributed by atoms with van der Waals surface area (Å²) in [5, 5.41) is 0. The average molecular weight is 249 g/mol. The van der Waals surface area contributed by atoms with E-state index in [-0.39, 0.29) is 24.4 Å². The van der Waals surface area contributed by atoms with Crippen molar-refractivity contribution in [3.63, 3.8) is 0 Å². The fourth-order valence-corrected chi connectivity index (χ4v) is 2.27. The first-order valence-corrected chi connectivity index (χ1v) is 6.04. The first kappa shape index (κ1) is 15.7. The molecule has 16 heavy (non-hydrogen) atoms. The topological polar surface area (TPSA) is 46.3 Å². The van der Waals surface area contributed by atoms with E-state index < -0.39 is 0 Å². The molecule has 1 fully saturated rings. The quantitative estimate of drug-likeness (QED) is 0.831. The van der Waals surface area contributed by atoms with Gasteiger partial charge in [0.2, 0.25) is 5.91 Å². The minimum Gasteiger partial charge on any atom is -0.338 e. The highest BCUT2D eigenvalue weighted by Crippen LogP contribution is 2.23. The normalized spacial score (nSPS) is 25.4. The van der Waals surface area contributed by atoms with Gasteiger partial charge >= 0.3 is 0 Å². The van der Waals surface area contributed by atoms with Crippen molar-refractivity contribution >= 4 is 18.3 Å². The van der Waals surface area contributed by atoms with Crippen LogP contribution in [0.5, 0.6) is 0 Å². The highest BCUT2D eigenvalue weighted by atomic mass is 35.5. The van der Waals surface area contributed by atoms with Crippen LogP contribution in [-0.4, -0.2) is 29.9 Å². The molecule has 1 aliphatic heterocycles. The van der Waals surface area contributed by atoms with E-state index in [1.165, 1.54) is 0 Å². The second-order valence-electron chi connectivity index (χ2n) is 5.20. The van der Waals surface area contributed by atoms with Gasteiger partial charge in [0.25, 0.3) is 0 Å². The lowest BCUT2D eigenvalue weighted by molar-refractivity contribution is -0.136. The van der Waals surface area contributed by atoms with Gasteiger partial charge < -0.3 is 10.6 Å². The zero-order valence-electron chi connectivity index (χ0n) is 10.6. The van der Waals surface area contributed by atoms with Gasteiger partial charge in [-0.2, -0.15) is 0 Å². The van der Waals surface area contributed by atoms with Crippen molar-refractivity contribution < 1.29 is 4.79 Å². The minimum absolute atomic E-state index is 0. The molecule has 2 unspecified atom stereocenters. The molecule has 0 aliphatic carbocycles. The van der Waals surface area contributed by atoms with Crippen LogP contribution in [-0.2, 0) is 4.79 Å². The summed E-state index contributed by atoms with van der Waals surface area (Å²) >= 11 is 0. The number of carbonyl (C=O) groups is 1. The molecule has 2 atom stereocenters. The SMILES string of the molecule is CC(C)CC(=O)N1CCC(C)CC1CN.Cl. The van der Waals surface area contributed by atoms with E-state index in [0.717, 1.165) is 19.4 Å². The lowest BCUT2D eigenvalue weighted by Crippen LogP contribution is -2.49. The monoisotopic (exact) mass is 248 g/mol. The van der Waals surface area contributed by atoms with E-state index in [0.29, 0.717) is 24.8 Å². The Morgan fingerprint density at radius 3 is 2.62 bits per heavy atom. The third kappa shape index (κ3) is 4.30. The lowest BCUT2D eigenvalue weighted by atomic mass is 9.92. The van der Waals surface area contributed by atoms with Gasteiger partial charge in [0, 0.05) is 25.6 Å². The molecule has 3 nitrogen and oxygen atoms in total. The first-order valence-electron chi connectivity index (χ1n) is 6.04. The highest BCUT2D eigenvalue weighted by Gasteiger charge is 2.28.